The van der Waals surface area contributed by atoms with Crippen molar-refractivity contribution in [1.29, 1.82) is 0 Å². The fourth-order valence-electron chi connectivity index (χ4n) is 2.80. The molecule has 23 heavy (non-hydrogen) atoms. The van der Waals surface area contributed by atoms with E-state index in [4.69, 9.17) is 16.0 Å². The molecule has 0 aliphatic carbocycles. The van der Waals surface area contributed by atoms with Gasteiger partial charge in [0.1, 0.15) is 6.26 Å². The van der Waals surface area contributed by atoms with E-state index in [1.165, 1.54) is 0 Å². The first-order valence-corrected chi connectivity index (χ1v) is 8.19. The van der Waals surface area contributed by atoms with Crippen molar-refractivity contribution in [3.8, 4) is 0 Å². The highest BCUT2D eigenvalue weighted by molar-refractivity contribution is 6.30. The maximum atomic E-state index is 12.3. The van der Waals surface area contributed by atoms with Gasteiger partial charge in [-0.15, -0.1) is 0 Å². The smallest absolute Gasteiger partial charge is 0.223 e. The van der Waals surface area contributed by atoms with Gasteiger partial charge in [0.15, 0.2) is 5.89 Å². The molecule has 0 atom stereocenters. The van der Waals surface area contributed by atoms with Crippen LogP contribution in [0.3, 0.4) is 0 Å². The van der Waals surface area contributed by atoms with E-state index in [-0.39, 0.29) is 5.91 Å². The summed E-state index contributed by atoms with van der Waals surface area (Å²) in [4.78, 5) is 20.7. The maximum Gasteiger partial charge on any atom is 0.223 e. The molecule has 1 aromatic carbocycles. The van der Waals surface area contributed by atoms with Gasteiger partial charge in [0, 0.05) is 56.7 Å². The molecule has 1 fully saturated rings. The van der Waals surface area contributed by atoms with E-state index < -0.39 is 0 Å². The summed E-state index contributed by atoms with van der Waals surface area (Å²) in [6, 6.07) is 7.84. The van der Waals surface area contributed by atoms with Gasteiger partial charge in [-0.25, -0.2) is 4.98 Å². The predicted molar refractivity (Wildman–Crippen MR) is 89.8 cm³/mol. The zero-order chi connectivity index (χ0) is 16.2. The number of hydrogen-bond donors (Lipinski definition) is 0. The highest BCUT2D eigenvalue weighted by Crippen LogP contribution is 2.21. The monoisotopic (exact) mass is 333 g/mol. The van der Waals surface area contributed by atoms with Crippen LogP contribution >= 0.6 is 11.6 Å². The minimum atomic E-state index is 0.177. The molecule has 2 heterocycles. The molecule has 0 radical (unpaired) electrons. The Hall–Kier alpha value is -2.01. The lowest BCUT2D eigenvalue weighted by molar-refractivity contribution is -0.131. The summed E-state index contributed by atoms with van der Waals surface area (Å²) < 4.78 is 5.16. The van der Waals surface area contributed by atoms with Crippen molar-refractivity contribution in [2.45, 2.75) is 19.8 Å². The molecule has 0 saturated carbocycles. The zero-order valence-corrected chi connectivity index (χ0v) is 13.9. The van der Waals surface area contributed by atoms with Crippen LogP contribution in [0, 0.1) is 6.92 Å². The van der Waals surface area contributed by atoms with Gasteiger partial charge in [-0.1, -0.05) is 17.7 Å². The Morgan fingerprint density at radius 1 is 1.30 bits per heavy atom. The fourth-order valence-corrected chi connectivity index (χ4v) is 2.99. The number of carbonyl (C=O) groups is 1. The fraction of sp³-hybridized carbons (Fsp3) is 0.412. The molecule has 1 aromatic heterocycles. The van der Waals surface area contributed by atoms with Crippen LogP contribution in [-0.2, 0) is 11.2 Å². The van der Waals surface area contributed by atoms with Gasteiger partial charge in [0.05, 0.1) is 5.69 Å². The van der Waals surface area contributed by atoms with Crippen molar-refractivity contribution in [3.05, 3.63) is 47.1 Å². The average molecular weight is 334 g/mol. The van der Waals surface area contributed by atoms with Crippen molar-refractivity contribution in [3.63, 3.8) is 0 Å². The molecular formula is C17H20ClN3O2. The van der Waals surface area contributed by atoms with Gasteiger partial charge in [-0.2, -0.15) is 0 Å². The molecule has 3 rings (SSSR count). The summed E-state index contributed by atoms with van der Waals surface area (Å²) in [6.45, 7) is 4.94. The summed E-state index contributed by atoms with van der Waals surface area (Å²) >= 11 is 6.04. The Kier molecular flexibility index (Phi) is 4.86. The SMILES string of the molecule is Cc1nc(CCC(=O)N2CCN(c3cccc(Cl)c3)CC2)co1. The summed E-state index contributed by atoms with van der Waals surface area (Å²) in [5, 5.41) is 0.740. The normalized spacial score (nSPS) is 15.0. The number of aromatic nitrogens is 1. The first-order valence-electron chi connectivity index (χ1n) is 7.81. The number of rotatable bonds is 4. The quantitative estimate of drug-likeness (QED) is 0.863. The lowest BCUT2D eigenvalue weighted by Crippen LogP contribution is -2.48. The van der Waals surface area contributed by atoms with Gasteiger partial charge in [-0.3, -0.25) is 4.79 Å². The lowest BCUT2D eigenvalue weighted by Gasteiger charge is -2.36. The largest absolute Gasteiger partial charge is 0.449 e. The molecule has 2 aromatic rings. The Morgan fingerprint density at radius 2 is 2.09 bits per heavy atom. The second kappa shape index (κ2) is 7.04. The van der Waals surface area contributed by atoms with Crippen LogP contribution in [0.25, 0.3) is 0 Å². The number of piperazine rings is 1. The highest BCUT2D eigenvalue weighted by atomic mass is 35.5. The number of aryl methyl sites for hydroxylation is 2. The van der Waals surface area contributed by atoms with E-state index in [9.17, 15) is 4.79 Å². The summed E-state index contributed by atoms with van der Waals surface area (Å²) in [7, 11) is 0. The second-order valence-corrected chi connectivity index (χ2v) is 6.14. The number of nitrogens with zero attached hydrogens (tertiary/aromatic N) is 3. The van der Waals surface area contributed by atoms with Crippen LogP contribution in [-0.4, -0.2) is 42.0 Å². The van der Waals surface area contributed by atoms with E-state index in [1.807, 2.05) is 23.1 Å². The van der Waals surface area contributed by atoms with Crippen LogP contribution in [0.4, 0.5) is 5.69 Å². The summed E-state index contributed by atoms with van der Waals surface area (Å²) in [5.74, 6) is 0.819. The van der Waals surface area contributed by atoms with Crippen molar-refractivity contribution < 1.29 is 9.21 Å². The third kappa shape index (κ3) is 4.05. The Balaban J connectivity index is 1.49. The molecule has 1 aliphatic heterocycles. The van der Waals surface area contributed by atoms with E-state index >= 15 is 0 Å². The number of carbonyl (C=O) groups excluding carboxylic acids is 1. The van der Waals surface area contributed by atoms with E-state index in [0.717, 1.165) is 42.6 Å². The van der Waals surface area contributed by atoms with E-state index in [1.54, 1.807) is 13.2 Å². The molecule has 0 spiro atoms. The van der Waals surface area contributed by atoms with Crippen molar-refractivity contribution in [1.82, 2.24) is 9.88 Å². The Labute approximate surface area is 140 Å². The molecule has 1 amide bonds. The zero-order valence-electron chi connectivity index (χ0n) is 13.2. The highest BCUT2D eigenvalue weighted by Gasteiger charge is 2.21. The standard InChI is InChI=1S/C17H20ClN3O2/c1-13-19-15(12-23-13)5-6-17(22)21-9-7-20(8-10-21)16-4-2-3-14(18)11-16/h2-4,11-12H,5-10H2,1H3. The molecule has 1 saturated heterocycles. The molecule has 1 aliphatic rings. The first kappa shape index (κ1) is 15.9. The third-order valence-electron chi connectivity index (χ3n) is 4.07. The Morgan fingerprint density at radius 3 is 2.74 bits per heavy atom. The number of benzene rings is 1. The summed E-state index contributed by atoms with van der Waals surface area (Å²) in [6.07, 6.45) is 2.73. The van der Waals surface area contributed by atoms with Crippen LogP contribution in [0.15, 0.2) is 34.9 Å². The first-order chi connectivity index (χ1) is 11.1. The minimum absolute atomic E-state index is 0.177. The molecule has 0 bridgehead atoms. The number of halogens is 1. The van der Waals surface area contributed by atoms with Crippen LogP contribution in [0.5, 0.6) is 0 Å². The topological polar surface area (TPSA) is 49.6 Å². The molecule has 122 valence electrons. The maximum absolute atomic E-state index is 12.3. The van der Waals surface area contributed by atoms with Crippen molar-refractivity contribution in [2.75, 3.05) is 31.1 Å². The van der Waals surface area contributed by atoms with Gasteiger partial charge in [0.25, 0.3) is 0 Å². The van der Waals surface area contributed by atoms with Gasteiger partial charge >= 0.3 is 0 Å². The van der Waals surface area contributed by atoms with Crippen molar-refractivity contribution in [2.24, 2.45) is 0 Å². The van der Waals surface area contributed by atoms with Crippen LogP contribution in [0.1, 0.15) is 18.0 Å². The summed E-state index contributed by atoms with van der Waals surface area (Å²) in [5.41, 5.74) is 1.95. The van der Waals surface area contributed by atoms with Crippen LogP contribution < -0.4 is 4.90 Å². The van der Waals surface area contributed by atoms with E-state index in [2.05, 4.69) is 16.0 Å². The minimum Gasteiger partial charge on any atom is -0.449 e. The molecule has 0 unspecified atom stereocenters. The van der Waals surface area contributed by atoms with Crippen molar-refractivity contribution >= 4 is 23.2 Å². The molecular weight excluding hydrogens is 314 g/mol. The lowest BCUT2D eigenvalue weighted by atomic mass is 10.2. The molecule has 0 N–H and O–H groups in total. The van der Waals surface area contributed by atoms with Gasteiger partial charge < -0.3 is 14.2 Å². The Bertz CT molecular complexity index is 678. The molecule has 6 heteroatoms. The third-order valence-corrected chi connectivity index (χ3v) is 4.30. The average Bonchev–Trinajstić information content (AvgIpc) is 2.98. The second-order valence-electron chi connectivity index (χ2n) is 5.71. The number of amides is 1. The number of anilines is 1. The molecule has 5 nitrogen and oxygen atoms in total. The number of hydrogen-bond acceptors (Lipinski definition) is 4. The number of oxazole rings is 1. The van der Waals surface area contributed by atoms with Gasteiger partial charge in [0.2, 0.25) is 5.91 Å². The van der Waals surface area contributed by atoms with E-state index in [0.29, 0.717) is 18.7 Å². The predicted octanol–water partition coefficient (Wildman–Crippen LogP) is 2.92. The van der Waals surface area contributed by atoms with Crippen LogP contribution in [0.2, 0.25) is 5.02 Å². The van der Waals surface area contributed by atoms with Gasteiger partial charge in [-0.05, 0) is 18.2 Å².